The Hall–Kier alpha value is -3.35. The molecule has 1 fully saturated rings. The molecule has 1 heterocycles. The lowest BCUT2D eigenvalue weighted by Gasteiger charge is -2.24. The summed E-state index contributed by atoms with van der Waals surface area (Å²) in [6, 6.07) is 15.6. The van der Waals surface area contributed by atoms with Gasteiger partial charge in [0.05, 0.1) is 6.42 Å². The van der Waals surface area contributed by atoms with Crippen molar-refractivity contribution in [1.29, 1.82) is 0 Å². The highest BCUT2D eigenvalue weighted by Gasteiger charge is 2.37. The number of ether oxygens (including phenoxy) is 1. The summed E-state index contributed by atoms with van der Waals surface area (Å²) in [4.78, 5) is 38.7. The maximum atomic E-state index is 13.1. The van der Waals surface area contributed by atoms with Crippen LogP contribution in [0.5, 0.6) is 0 Å². The van der Waals surface area contributed by atoms with E-state index in [2.05, 4.69) is 29.6 Å². The molecule has 180 valence electrons. The molecule has 2 aromatic carbocycles. The fourth-order valence-corrected chi connectivity index (χ4v) is 5.25. The number of carbonyl (C=O) groups is 3. The van der Waals surface area contributed by atoms with Crippen LogP contribution in [0, 0.1) is 11.8 Å². The maximum absolute atomic E-state index is 13.1. The first kappa shape index (κ1) is 23.8. The van der Waals surface area contributed by atoms with Crippen molar-refractivity contribution in [3.05, 3.63) is 59.7 Å². The van der Waals surface area contributed by atoms with Crippen LogP contribution in [0.1, 0.15) is 50.2 Å². The van der Waals surface area contributed by atoms with Crippen LogP contribution in [0.3, 0.4) is 0 Å². The standard InChI is InChI=1S/C27H32N2O5/c1-3-8-24(26(32)29-14-17(2)18(15-29)13-25(30)31)28-27(33)34-16-23-21-11-6-4-9-19(21)20-10-5-7-12-22(20)23/h4-7,9-12,17-18,23-24H,3,8,13-16H2,1-2H3,(H,28,33)(H,30,31)/t17?,18?,24-/m0/s1. The van der Waals surface area contributed by atoms with E-state index in [0.29, 0.717) is 19.5 Å². The van der Waals surface area contributed by atoms with E-state index in [4.69, 9.17) is 9.84 Å². The molecule has 2 aliphatic rings. The van der Waals surface area contributed by atoms with Gasteiger partial charge in [-0.15, -0.1) is 0 Å². The molecule has 2 N–H and O–H groups in total. The zero-order valence-electron chi connectivity index (χ0n) is 19.7. The smallest absolute Gasteiger partial charge is 0.407 e. The molecule has 7 heteroatoms. The number of carboxylic acids is 1. The number of benzene rings is 2. The molecule has 4 rings (SSSR count). The van der Waals surface area contributed by atoms with E-state index in [1.54, 1.807) is 4.90 Å². The normalized spacial score (nSPS) is 19.9. The van der Waals surface area contributed by atoms with Crippen LogP contribution >= 0.6 is 0 Å². The monoisotopic (exact) mass is 464 g/mol. The number of nitrogens with zero attached hydrogens (tertiary/aromatic N) is 1. The van der Waals surface area contributed by atoms with Crippen molar-refractivity contribution >= 4 is 18.0 Å². The zero-order valence-corrected chi connectivity index (χ0v) is 19.7. The maximum Gasteiger partial charge on any atom is 0.407 e. The van der Waals surface area contributed by atoms with E-state index >= 15 is 0 Å². The summed E-state index contributed by atoms with van der Waals surface area (Å²) < 4.78 is 5.63. The Balaban J connectivity index is 1.38. The third kappa shape index (κ3) is 4.93. The number of carboxylic acid groups (broad SMARTS) is 1. The van der Waals surface area contributed by atoms with Gasteiger partial charge in [0.15, 0.2) is 0 Å². The summed E-state index contributed by atoms with van der Waals surface area (Å²) in [5.41, 5.74) is 4.58. The van der Waals surface area contributed by atoms with Crippen molar-refractivity contribution in [2.45, 2.75) is 45.1 Å². The van der Waals surface area contributed by atoms with Crippen LogP contribution in [0.4, 0.5) is 4.79 Å². The number of hydrogen-bond donors (Lipinski definition) is 2. The fraction of sp³-hybridized carbons (Fsp3) is 0.444. The Morgan fingerprint density at radius 1 is 1.06 bits per heavy atom. The molecule has 2 amide bonds. The lowest BCUT2D eigenvalue weighted by atomic mass is 9.95. The first-order valence-electron chi connectivity index (χ1n) is 12.0. The van der Waals surface area contributed by atoms with Crippen molar-refractivity contribution in [2.24, 2.45) is 11.8 Å². The number of rotatable bonds is 8. The largest absolute Gasteiger partial charge is 0.481 e. The Kier molecular flexibility index (Phi) is 7.20. The summed E-state index contributed by atoms with van der Waals surface area (Å²) in [6.07, 6.45) is 0.658. The summed E-state index contributed by atoms with van der Waals surface area (Å²) in [7, 11) is 0. The molecule has 0 saturated carbocycles. The Morgan fingerprint density at radius 2 is 1.68 bits per heavy atom. The van der Waals surface area contributed by atoms with Gasteiger partial charge in [0.25, 0.3) is 0 Å². The second-order valence-corrected chi connectivity index (χ2v) is 9.39. The van der Waals surface area contributed by atoms with E-state index < -0.39 is 18.1 Å². The Labute approximate surface area is 200 Å². The molecular weight excluding hydrogens is 432 g/mol. The minimum Gasteiger partial charge on any atom is -0.481 e. The van der Waals surface area contributed by atoms with Crippen molar-refractivity contribution in [3.63, 3.8) is 0 Å². The minimum atomic E-state index is -0.854. The number of likely N-dealkylation sites (tertiary alicyclic amines) is 1. The SMILES string of the molecule is CCC[C@H](NC(=O)OCC1c2ccccc2-c2ccccc21)C(=O)N1CC(C)C(CC(=O)O)C1. The molecule has 2 aromatic rings. The molecule has 3 atom stereocenters. The molecule has 2 unspecified atom stereocenters. The van der Waals surface area contributed by atoms with Gasteiger partial charge in [-0.3, -0.25) is 9.59 Å². The van der Waals surface area contributed by atoms with Gasteiger partial charge in [0, 0.05) is 19.0 Å². The third-order valence-corrected chi connectivity index (χ3v) is 7.03. The predicted molar refractivity (Wildman–Crippen MR) is 128 cm³/mol. The number of nitrogens with one attached hydrogen (secondary N) is 1. The highest BCUT2D eigenvalue weighted by molar-refractivity contribution is 5.86. The average molecular weight is 465 g/mol. The second kappa shape index (κ2) is 10.3. The van der Waals surface area contributed by atoms with Crippen molar-refractivity contribution < 1.29 is 24.2 Å². The summed E-state index contributed by atoms with van der Waals surface area (Å²) in [5.74, 6) is -1.03. The number of fused-ring (bicyclic) bond motifs is 3. The van der Waals surface area contributed by atoms with Crippen LogP contribution < -0.4 is 5.32 Å². The van der Waals surface area contributed by atoms with Crippen molar-refractivity contribution in [1.82, 2.24) is 10.2 Å². The Morgan fingerprint density at radius 3 is 2.26 bits per heavy atom. The summed E-state index contributed by atoms with van der Waals surface area (Å²) in [6.45, 7) is 5.02. The van der Waals surface area contributed by atoms with Crippen LogP contribution in [0.25, 0.3) is 11.1 Å². The van der Waals surface area contributed by atoms with Crippen LogP contribution in [-0.4, -0.2) is 53.7 Å². The quantitative estimate of drug-likeness (QED) is 0.609. The van der Waals surface area contributed by atoms with Gasteiger partial charge in [-0.2, -0.15) is 0 Å². The van der Waals surface area contributed by atoms with Gasteiger partial charge in [-0.05, 0) is 40.5 Å². The molecule has 0 bridgehead atoms. The van der Waals surface area contributed by atoms with Gasteiger partial charge < -0.3 is 20.1 Å². The van der Waals surface area contributed by atoms with E-state index in [1.807, 2.05) is 38.1 Å². The van der Waals surface area contributed by atoms with Gasteiger partial charge in [-0.1, -0.05) is 68.8 Å². The lowest BCUT2D eigenvalue weighted by Crippen LogP contribution is -2.48. The Bertz CT molecular complexity index is 1020. The molecular formula is C27H32N2O5. The van der Waals surface area contributed by atoms with Crippen LogP contribution in [0.2, 0.25) is 0 Å². The minimum absolute atomic E-state index is 0.0448. The number of amides is 2. The van der Waals surface area contributed by atoms with Gasteiger partial charge >= 0.3 is 12.1 Å². The molecule has 34 heavy (non-hydrogen) atoms. The van der Waals surface area contributed by atoms with E-state index in [1.165, 1.54) is 0 Å². The summed E-state index contributed by atoms with van der Waals surface area (Å²) >= 11 is 0. The van der Waals surface area contributed by atoms with Gasteiger partial charge in [0.2, 0.25) is 5.91 Å². The molecule has 1 saturated heterocycles. The number of aliphatic carboxylic acids is 1. The molecule has 0 spiro atoms. The van der Waals surface area contributed by atoms with Crippen molar-refractivity contribution in [2.75, 3.05) is 19.7 Å². The fourth-order valence-electron chi connectivity index (χ4n) is 5.25. The first-order chi connectivity index (χ1) is 16.4. The second-order valence-electron chi connectivity index (χ2n) is 9.39. The van der Waals surface area contributed by atoms with Crippen molar-refractivity contribution in [3.8, 4) is 11.1 Å². The predicted octanol–water partition coefficient (Wildman–Crippen LogP) is 4.26. The molecule has 1 aliphatic heterocycles. The number of alkyl carbamates (subject to hydrolysis) is 1. The van der Waals surface area contributed by atoms with E-state index in [9.17, 15) is 14.4 Å². The van der Waals surface area contributed by atoms with E-state index in [0.717, 1.165) is 28.7 Å². The first-order valence-corrected chi connectivity index (χ1v) is 12.0. The average Bonchev–Trinajstić information content (AvgIpc) is 3.34. The van der Waals surface area contributed by atoms with Crippen LogP contribution in [0.15, 0.2) is 48.5 Å². The lowest BCUT2D eigenvalue weighted by molar-refractivity contribution is -0.138. The highest BCUT2D eigenvalue weighted by atomic mass is 16.5. The van der Waals surface area contributed by atoms with Crippen LogP contribution in [-0.2, 0) is 14.3 Å². The topological polar surface area (TPSA) is 95.9 Å². The molecule has 7 nitrogen and oxygen atoms in total. The van der Waals surface area contributed by atoms with Gasteiger partial charge in [-0.25, -0.2) is 4.79 Å². The zero-order chi connectivity index (χ0) is 24.2. The summed E-state index contributed by atoms with van der Waals surface area (Å²) in [5, 5.41) is 11.9. The third-order valence-electron chi connectivity index (χ3n) is 7.03. The highest BCUT2D eigenvalue weighted by Crippen LogP contribution is 2.44. The molecule has 0 aromatic heterocycles. The molecule has 0 radical (unpaired) electrons. The molecule has 1 aliphatic carbocycles. The van der Waals surface area contributed by atoms with Gasteiger partial charge in [0.1, 0.15) is 12.6 Å². The number of carbonyl (C=O) groups excluding carboxylic acids is 2. The van der Waals surface area contributed by atoms with E-state index in [-0.39, 0.29) is 36.7 Å². The number of hydrogen-bond acceptors (Lipinski definition) is 4.